The Morgan fingerprint density at radius 2 is 1.95 bits per heavy atom. The molecule has 4 nitrogen and oxygen atoms in total. The Hall–Kier alpha value is -2.20. The van der Waals surface area contributed by atoms with Gasteiger partial charge < -0.3 is 15.4 Å². The van der Waals surface area contributed by atoms with E-state index < -0.39 is 0 Å². The first-order valence-electron chi connectivity index (χ1n) is 7.05. The molecule has 0 heterocycles. The number of hydrogen-bond donors (Lipinski definition) is 2. The molecule has 0 aliphatic heterocycles. The maximum atomic E-state index is 11.8. The van der Waals surface area contributed by atoms with Crippen molar-refractivity contribution in [1.29, 1.82) is 0 Å². The topological polar surface area (TPSA) is 50.4 Å². The summed E-state index contributed by atoms with van der Waals surface area (Å²) < 4.78 is 5.50. The van der Waals surface area contributed by atoms with Crippen molar-refractivity contribution < 1.29 is 9.53 Å². The largest absolute Gasteiger partial charge is 0.492 e. The molecule has 22 heavy (non-hydrogen) atoms. The lowest BCUT2D eigenvalue weighted by Crippen LogP contribution is -2.32. The molecule has 0 atom stereocenters. The first-order valence-corrected chi connectivity index (χ1v) is 7.43. The van der Waals surface area contributed by atoms with Crippen molar-refractivity contribution in [3.8, 4) is 5.75 Å². The van der Waals surface area contributed by atoms with E-state index in [2.05, 4.69) is 10.6 Å². The van der Waals surface area contributed by atoms with Crippen molar-refractivity contribution in [2.45, 2.75) is 13.8 Å². The molecule has 0 saturated heterocycles. The van der Waals surface area contributed by atoms with Gasteiger partial charge in [-0.05, 0) is 49.2 Å². The maximum Gasteiger partial charge on any atom is 0.319 e. The summed E-state index contributed by atoms with van der Waals surface area (Å²) in [6.07, 6.45) is 0. The van der Waals surface area contributed by atoms with Gasteiger partial charge in [-0.1, -0.05) is 29.8 Å². The number of amides is 2. The Balaban J connectivity index is 1.75. The fraction of sp³-hybridized carbons (Fsp3) is 0.235. The first-order chi connectivity index (χ1) is 10.6. The zero-order valence-electron chi connectivity index (χ0n) is 12.7. The third kappa shape index (κ3) is 4.67. The number of ether oxygens (including phenoxy) is 1. The molecule has 0 aromatic heterocycles. The van der Waals surface area contributed by atoms with Crippen LogP contribution in [0.5, 0.6) is 5.75 Å². The Labute approximate surface area is 135 Å². The third-order valence-corrected chi connectivity index (χ3v) is 3.54. The molecule has 2 aromatic rings. The summed E-state index contributed by atoms with van der Waals surface area (Å²) in [6.45, 7) is 4.77. The Morgan fingerprint density at radius 1 is 1.18 bits per heavy atom. The van der Waals surface area contributed by atoms with E-state index in [-0.39, 0.29) is 6.03 Å². The second-order valence-corrected chi connectivity index (χ2v) is 5.37. The molecule has 0 aliphatic rings. The van der Waals surface area contributed by atoms with E-state index in [4.69, 9.17) is 16.3 Å². The maximum absolute atomic E-state index is 11.8. The van der Waals surface area contributed by atoms with Gasteiger partial charge in [-0.25, -0.2) is 4.79 Å². The summed E-state index contributed by atoms with van der Waals surface area (Å²) in [4.78, 5) is 11.8. The number of hydrogen-bond acceptors (Lipinski definition) is 2. The lowest BCUT2D eigenvalue weighted by molar-refractivity contribution is 0.247. The molecule has 116 valence electrons. The van der Waals surface area contributed by atoms with E-state index in [9.17, 15) is 4.79 Å². The van der Waals surface area contributed by atoms with Gasteiger partial charge in [-0.3, -0.25) is 0 Å². The SMILES string of the molecule is Cc1cccc(NC(=O)NCCOc2cccc(Cl)c2)c1C. The summed E-state index contributed by atoms with van der Waals surface area (Å²) in [7, 11) is 0. The highest BCUT2D eigenvalue weighted by Crippen LogP contribution is 2.18. The van der Waals surface area contributed by atoms with Crippen molar-refractivity contribution in [1.82, 2.24) is 5.32 Å². The Kier molecular flexibility index (Phi) is 5.67. The molecule has 0 bridgehead atoms. The van der Waals surface area contributed by atoms with Gasteiger partial charge in [-0.15, -0.1) is 0 Å². The molecular weight excluding hydrogens is 300 g/mol. The van der Waals surface area contributed by atoms with Gasteiger partial charge in [0.2, 0.25) is 0 Å². The number of rotatable bonds is 5. The van der Waals surface area contributed by atoms with E-state index >= 15 is 0 Å². The van der Waals surface area contributed by atoms with Crippen molar-refractivity contribution in [3.63, 3.8) is 0 Å². The molecule has 0 saturated carbocycles. The number of urea groups is 1. The van der Waals surface area contributed by atoms with Gasteiger partial charge in [-0.2, -0.15) is 0 Å². The number of benzene rings is 2. The standard InChI is InChI=1S/C17H19ClN2O2/c1-12-5-3-8-16(13(12)2)20-17(21)19-9-10-22-15-7-4-6-14(18)11-15/h3-8,11H,9-10H2,1-2H3,(H2,19,20,21). The van der Waals surface area contributed by atoms with Crippen molar-refractivity contribution >= 4 is 23.3 Å². The van der Waals surface area contributed by atoms with Gasteiger partial charge in [0, 0.05) is 10.7 Å². The molecule has 0 radical (unpaired) electrons. The molecule has 0 spiro atoms. The molecule has 0 aliphatic carbocycles. The van der Waals surface area contributed by atoms with Crippen LogP contribution < -0.4 is 15.4 Å². The zero-order valence-corrected chi connectivity index (χ0v) is 13.4. The highest BCUT2D eigenvalue weighted by molar-refractivity contribution is 6.30. The first kappa shape index (κ1) is 16.2. The fourth-order valence-corrected chi connectivity index (χ4v) is 2.12. The van der Waals surface area contributed by atoms with Crippen molar-refractivity contribution in [2.75, 3.05) is 18.5 Å². The van der Waals surface area contributed by atoms with Crippen LogP contribution in [0.4, 0.5) is 10.5 Å². The highest BCUT2D eigenvalue weighted by Gasteiger charge is 2.05. The monoisotopic (exact) mass is 318 g/mol. The Morgan fingerprint density at radius 3 is 2.73 bits per heavy atom. The molecule has 0 fully saturated rings. The average molecular weight is 319 g/mol. The molecule has 5 heteroatoms. The minimum absolute atomic E-state index is 0.247. The molecule has 2 amide bonds. The number of aryl methyl sites for hydroxylation is 1. The summed E-state index contributed by atoms with van der Waals surface area (Å²) in [5.41, 5.74) is 3.02. The lowest BCUT2D eigenvalue weighted by Gasteiger charge is -2.12. The summed E-state index contributed by atoms with van der Waals surface area (Å²) in [5, 5.41) is 6.21. The van der Waals surface area contributed by atoms with Gasteiger partial charge in [0.1, 0.15) is 12.4 Å². The van der Waals surface area contributed by atoms with Crippen LogP contribution in [-0.4, -0.2) is 19.2 Å². The smallest absolute Gasteiger partial charge is 0.319 e. The van der Waals surface area contributed by atoms with Crippen LogP contribution in [0.1, 0.15) is 11.1 Å². The van der Waals surface area contributed by atoms with Crippen LogP contribution >= 0.6 is 11.6 Å². The van der Waals surface area contributed by atoms with Crippen LogP contribution in [0, 0.1) is 13.8 Å². The number of halogens is 1. The second-order valence-electron chi connectivity index (χ2n) is 4.93. The summed E-state index contributed by atoms with van der Waals surface area (Å²) in [6, 6.07) is 12.7. The van der Waals surface area contributed by atoms with E-state index in [0.29, 0.717) is 23.9 Å². The molecule has 2 aromatic carbocycles. The third-order valence-electron chi connectivity index (χ3n) is 3.31. The average Bonchev–Trinajstić information content (AvgIpc) is 2.49. The number of anilines is 1. The van der Waals surface area contributed by atoms with Crippen molar-refractivity contribution in [2.24, 2.45) is 0 Å². The molecule has 2 rings (SSSR count). The number of carbonyl (C=O) groups is 1. The fourth-order valence-electron chi connectivity index (χ4n) is 1.94. The molecule has 2 N–H and O–H groups in total. The van der Waals surface area contributed by atoms with E-state index in [1.165, 1.54) is 0 Å². The quantitative estimate of drug-likeness (QED) is 0.813. The van der Waals surface area contributed by atoms with Gasteiger partial charge >= 0.3 is 6.03 Å². The highest BCUT2D eigenvalue weighted by atomic mass is 35.5. The van der Waals surface area contributed by atoms with E-state index in [1.54, 1.807) is 12.1 Å². The van der Waals surface area contributed by atoms with E-state index in [0.717, 1.165) is 16.8 Å². The predicted octanol–water partition coefficient (Wildman–Crippen LogP) is 4.16. The van der Waals surface area contributed by atoms with Crippen LogP contribution in [0.25, 0.3) is 0 Å². The summed E-state index contributed by atoms with van der Waals surface area (Å²) in [5.74, 6) is 0.684. The molecule has 0 unspecified atom stereocenters. The summed E-state index contributed by atoms with van der Waals surface area (Å²) >= 11 is 5.87. The normalized spacial score (nSPS) is 10.1. The van der Waals surface area contributed by atoms with Gasteiger partial charge in [0.25, 0.3) is 0 Å². The van der Waals surface area contributed by atoms with Crippen molar-refractivity contribution in [3.05, 3.63) is 58.6 Å². The number of carbonyl (C=O) groups excluding carboxylic acids is 1. The minimum Gasteiger partial charge on any atom is -0.492 e. The van der Waals surface area contributed by atoms with Crippen LogP contribution in [0.15, 0.2) is 42.5 Å². The van der Waals surface area contributed by atoms with E-state index in [1.807, 2.05) is 44.2 Å². The number of nitrogens with one attached hydrogen (secondary N) is 2. The second kappa shape index (κ2) is 7.71. The predicted molar refractivity (Wildman–Crippen MR) is 89.9 cm³/mol. The minimum atomic E-state index is -0.247. The zero-order chi connectivity index (χ0) is 15.9. The van der Waals surface area contributed by atoms with Crippen LogP contribution in [0.2, 0.25) is 5.02 Å². The molecular formula is C17H19ClN2O2. The van der Waals surface area contributed by atoms with Crippen LogP contribution in [-0.2, 0) is 0 Å². The lowest BCUT2D eigenvalue weighted by atomic mass is 10.1. The van der Waals surface area contributed by atoms with Gasteiger partial charge in [0.15, 0.2) is 0 Å². The van der Waals surface area contributed by atoms with Gasteiger partial charge in [0.05, 0.1) is 6.54 Å². The van der Waals surface area contributed by atoms with Crippen LogP contribution in [0.3, 0.4) is 0 Å². The Bertz CT molecular complexity index is 659.